The van der Waals surface area contributed by atoms with Crippen molar-refractivity contribution in [3.8, 4) is 5.75 Å². The van der Waals surface area contributed by atoms with Crippen LogP contribution in [0, 0.1) is 11.7 Å². The first-order chi connectivity index (χ1) is 19.7. The molecule has 12 nitrogen and oxygen atoms in total. The maximum atomic E-state index is 14.3. The van der Waals surface area contributed by atoms with Gasteiger partial charge in [-0.2, -0.15) is 4.31 Å². The maximum absolute atomic E-state index is 14.3. The number of nitrogens with zero attached hydrogens (tertiary/aromatic N) is 4. The number of piperazine rings is 1. The standard InChI is InChI=1S/C27H34FN5O7S/c28-20-4-3-19(21(15-20)41(37,38)32-9-7-31(8-10-32)17-18-1-2-18)16-29-24(35)22-23(34)25(36)33-11-14-40-27(26(33)30-22)5-12-39-13-6-27/h3-4,15,18,34H,1-2,5-14,16-17H2,(H,29,35). The highest BCUT2D eigenvalue weighted by atomic mass is 32.2. The number of nitrogens with one attached hydrogen (secondary N) is 1. The Balaban J connectivity index is 1.22. The zero-order valence-electron chi connectivity index (χ0n) is 22.7. The Morgan fingerprint density at radius 2 is 1.85 bits per heavy atom. The predicted molar refractivity (Wildman–Crippen MR) is 143 cm³/mol. The van der Waals surface area contributed by atoms with Crippen molar-refractivity contribution in [3.05, 3.63) is 51.5 Å². The molecule has 3 fully saturated rings. The van der Waals surface area contributed by atoms with E-state index in [2.05, 4.69) is 15.2 Å². The van der Waals surface area contributed by atoms with Crippen LogP contribution in [0.5, 0.6) is 5.75 Å². The number of aromatic hydroxyl groups is 1. The molecular formula is C27H34FN5O7S. The summed E-state index contributed by atoms with van der Waals surface area (Å²) >= 11 is 0. The lowest BCUT2D eigenvalue weighted by atomic mass is 9.91. The minimum Gasteiger partial charge on any atom is -0.501 e. The molecule has 41 heavy (non-hydrogen) atoms. The van der Waals surface area contributed by atoms with Crippen molar-refractivity contribution < 1.29 is 32.2 Å². The SMILES string of the molecule is O=C(NCc1ccc(F)cc1S(=O)(=O)N1CCN(CC2CC2)CC1)c1nc2n(c(=O)c1O)CCOC21CCOCC1. The van der Waals surface area contributed by atoms with Crippen LogP contribution in [0.3, 0.4) is 0 Å². The second-order valence-corrected chi connectivity index (χ2v) is 13.0. The zero-order chi connectivity index (χ0) is 28.8. The van der Waals surface area contributed by atoms with E-state index in [0.29, 0.717) is 58.2 Å². The van der Waals surface area contributed by atoms with E-state index in [9.17, 15) is 27.5 Å². The maximum Gasteiger partial charge on any atom is 0.296 e. The van der Waals surface area contributed by atoms with Gasteiger partial charge in [-0.05, 0) is 36.5 Å². The van der Waals surface area contributed by atoms with E-state index >= 15 is 0 Å². The number of amides is 1. The summed E-state index contributed by atoms with van der Waals surface area (Å²) in [4.78, 5) is 32.6. The van der Waals surface area contributed by atoms with Crippen LogP contribution in [-0.2, 0) is 38.2 Å². The summed E-state index contributed by atoms with van der Waals surface area (Å²) in [5.41, 5.74) is -1.95. The molecule has 2 N–H and O–H groups in total. The molecular weight excluding hydrogens is 557 g/mol. The minimum atomic E-state index is -4.04. The van der Waals surface area contributed by atoms with Gasteiger partial charge < -0.3 is 24.8 Å². The normalized spacial score (nSPS) is 21.5. The number of fused-ring (bicyclic) bond motifs is 2. The molecule has 1 spiro atoms. The molecule has 1 saturated carbocycles. The van der Waals surface area contributed by atoms with Gasteiger partial charge in [0.2, 0.25) is 15.8 Å². The van der Waals surface area contributed by atoms with Crippen LogP contribution < -0.4 is 10.9 Å². The Morgan fingerprint density at radius 1 is 1.12 bits per heavy atom. The number of hydrogen-bond acceptors (Lipinski definition) is 9. The number of hydrogen-bond donors (Lipinski definition) is 2. The molecule has 6 rings (SSSR count). The number of halogens is 1. The molecule has 2 aromatic rings. The molecule has 3 aliphatic heterocycles. The van der Waals surface area contributed by atoms with Crippen LogP contribution in [0.1, 0.15) is 47.6 Å². The molecule has 1 aliphatic carbocycles. The fourth-order valence-corrected chi connectivity index (χ4v) is 7.51. The number of benzene rings is 1. The fourth-order valence-electron chi connectivity index (χ4n) is 5.85. The Bertz CT molecular complexity index is 1500. The van der Waals surface area contributed by atoms with Gasteiger partial charge in [0.1, 0.15) is 17.2 Å². The molecule has 14 heteroatoms. The van der Waals surface area contributed by atoms with Gasteiger partial charge in [-0.15, -0.1) is 0 Å². The monoisotopic (exact) mass is 591 g/mol. The van der Waals surface area contributed by atoms with Crippen LogP contribution >= 0.6 is 0 Å². The topological polar surface area (TPSA) is 143 Å². The largest absolute Gasteiger partial charge is 0.501 e. The second kappa shape index (κ2) is 11.1. The summed E-state index contributed by atoms with van der Waals surface area (Å²) < 4.78 is 55.5. The fraction of sp³-hybridized carbons (Fsp3) is 0.593. The predicted octanol–water partition coefficient (Wildman–Crippen LogP) is 0.770. The summed E-state index contributed by atoms with van der Waals surface area (Å²) in [6.07, 6.45) is 3.32. The van der Waals surface area contributed by atoms with Gasteiger partial charge in [-0.1, -0.05) is 6.07 Å². The third-order valence-electron chi connectivity index (χ3n) is 8.39. The summed E-state index contributed by atoms with van der Waals surface area (Å²) in [6, 6.07) is 3.40. The lowest BCUT2D eigenvalue weighted by Gasteiger charge is -2.40. The lowest BCUT2D eigenvalue weighted by molar-refractivity contribution is -0.139. The number of sulfonamides is 1. The van der Waals surface area contributed by atoms with Gasteiger partial charge in [-0.25, -0.2) is 17.8 Å². The molecule has 4 aliphatic rings. The van der Waals surface area contributed by atoms with E-state index < -0.39 is 44.4 Å². The van der Waals surface area contributed by atoms with Gasteiger partial charge in [0.25, 0.3) is 11.5 Å². The zero-order valence-corrected chi connectivity index (χ0v) is 23.5. The smallest absolute Gasteiger partial charge is 0.296 e. The van der Waals surface area contributed by atoms with E-state index in [4.69, 9.17) is 9.47 Å². The van der Waals surface area contributed by atoms with Crippen molar-refractivity contribution in [2.45, 2.75) is 49.3 Å². The summed E-state index contributed by atoms with van der Waals surface area (Å²) in [7, 11) is -4.04. The summed E-state index contributed by atoms with van der Waals surface area (Å²) in [6.45, 7) is 3.73. The minimum absolute atomic E-state index is 0.179. The number of carbonyl (C=O) groups excluding carboxylic acids is 1. The first-order valence-corrected chi connectivity index (χ1v) is 15.5. The molecule has 1 aromatic heterocycles. The quantitative estimate of drug-likeness (QED) is 0.477. The van der Waals surface area contributed by atoms with Crippen LogP contribution in [-0.4, -0.2) is 90.7 Å². The van der Waals surface area contributed by atoms with Crippen molar-refractivity contribution in [2.24, 2.45) is 5.92 Å². The van der Waals surface area contributed by atoms with Gasteiger partial charge >= 0.3 is 0 Å². The number of ether oxygens (including phenoxy) is 2. The second-order valence-electron chi connectivity index (χ2n) is 11.1. The third kappa shape index (κ3) is 5.50. The first kappa shape index (κ1) is 28.2. The van der Waals surface area contributed by atoms with Crippen molar-refractivity contribution in [1.29, 1.82) is 0 Å². The molecule has 2 saturated heterocycles. The Labute approximate surface area is 237 Å². The Hall–Kier alpha value is -2.91. The van der Waals surface area contributed by atoms with Crippen LogP contribution in [0.2, 0.25) is 0 Å². The van der Waals surface area contributed by atoms with E-state index in [1.807, 2.05) is 0 Å². The molecule has 0 atom stereocenters. The van der Waals surface area contributed by atoms with Crippen LogP contribution in [0.4, 0.5) is 4.39 Å². The van der Waals surface area contributed by atoms with E-state index in [1.54, 1.807) is 0 Å². The number of carbonyl (C=O) groups is 1. The van der Waals surface area contributed by atoms with Crippen LogP contribution in [0.15, 0.2) is 27.9 Å². The molecule has 1 amide bonds. The molecule has 0 radical (unpaired) electrons. The molecule has 222 valence electrons. The van der Waals surface area contributed by atoms with Crippen LogP contribution in [0.25, 0.3) is 0 Å². The van der Waals surface area contributed by atoms with Gasteiger partial charge in [0.15, 0.2) is 5.69 Å². The van der Waals surface area contributed by atoms with Crippen molar-refractivity contribution in [3.63, 3.8) is 0 Å². The van der Waals surface area contributed by atoms with E-state index in [1.165, 1.54) is 27.8 Å². The first-order valence-electron chi connectivity index (χ1n) is 14.0. The van der Waals surface area contributed by atoms with Crippen molar-refractivity contribution in [1.82, 2.24) is 24.1 Å². The average Bonchev–Trinajstić information content (AvgIpc) is 3.79. The van der Waals surface area contributed by atoms with Gasteiger partial charge in [-0.3, -0.25) is 14.2 Å². The van der Waals surface area contributed by atoms with Crippen molar-refractivity contribution in [2.75, 3.05) is 52.5 Å². The molecule has 0 bridgehead atoms. The average molecular weight is 592 g/mol. The molecule has 0 unspecified atom stereocenters. The van der Waals surface area contributed by atoms with Crippen molar-refractivity contribution >= 4 is 15.9 Å². The highest BCUT2D eigenvalue weighted by molar-refractivity contribution is 7.89. The third-order valence-corrected chi connectivity index (χ3v) is 10.4. The molecule has 4 heterocycles. The van der Waals surface area contributed by atoms with Gasteiger partial charge in [0.05, 0.1) is 18.0 Å². The highest BCUT2D eigenvalue weighted by Gasteiger charge is 2.43. The molecule has 1 aromatic carbocycles. The van der Waals surface area contributed by atoms with E-state index in [0.717, 1.165) is 18.7 Å². The Kier molecular flexibility index (Phi) is 7.61. The lowest BCUT2D eigenvalue weighted by Crippen LogP contribution is -2.49. The Morgan fingerprint density at radius 3 is 2.56 bits per heavy atom. The highest BCUT2D eigenvalue weighted by Crippen LogP contribution is 2.37. The summed E-state index contributed by atoms with van der Waals surface area (Å²) in [5, 5.41) is 13.2. The van der Waals surface area contributed by atoms with Gasteiger partial charge in [0, 0.05) is 65.3 Å². The number of aromatic nitrogens is 2. The summed E-state index contributed by atoms with van der Waals surface area (Å²) in [5.74, 6) is -1.42. The van der Waals surface area contributed by atoms with E-state index in [-0.39, 0.29) is 36.0 Å². The number of rotatable bonds is 7.